The Hall–Kier alpha value is -2.88. The van der Waals surface area contributed by atoms with E-state index in [0.29, 0.717) is 0 Å². The lowest BCUT2D eigenvalue weighted by Crippen LogP contribution is -2.11. The summed E-state index contributed by atoms with van der Waals surface area (Å²) >= 11 is 0. The molecule has 0 radical (unpaired) electrons. The second-order valence-corrected chi connectivity index (χ2v) is 5.87. The average molecular weight is 337 g/mol. The summed E-state index contributed by atoms with van der Waals surface area (Å²) in [6.07, 6.45) is 7.83. The Morgan fingerprint density at radius 2 is 1.76 bits per heavy atom. The molecule has 2 aromatic rings. The summed E-state index contributed by atoms with van der Waals surface area (Å²) in [5.74, 6) is -1.43. The first kappa shape index (κ1) is 18.5. The van der Waals surface area contributed by atoms with Crippen LogP contribution in [-0.2, 0) is 11.2 Å². The van der Waals surface area contributed by atoms with Crippen molar-refractivity contribution in [1.82, 2.24) is 0 Å². The molecule has 4 heteroatoms. The predicted molar refractivity (Wildman–Crippen MR) is 101 cm³/mol. The third-order valence-electron chi connectivity index (χ3n) is 3.89. The molecule has 0 aliphatic rings. The third-order valence-corrected chi connectivity index (χ3v) is 3.89. The quantitative estimate of drug-likeness (QED) is 0.538. The number of hydrogen-bond acceptors (Lipinski definition) is 2. The molecule has 2 rings (SSSR count). The molecule has 1 amide bonds. The summed E-state index contributed by atoms with van der Waals surface area (Å²) in [7, 11) is 0. The molecule has 0 bridgehead atoms. The number of hydrogen-bond donors (Lipinski definition) is 2. The van der Waals surface area contributed by atoms with Crippen LogP contribution in [0.2, 0.25) is 0 Å². The van der Waals surface area contributed by atoms with Crippen molar-refractivity contribution in [2.75, 3.05) is 5.32 Å². The largest absolute Gasteiger partial charge is 0.478 e. The van der Waals surface area contributed by atoms with Crippen LogP contribution >= 0.6 is 0 Å². The number of amides is 1. The fourth-order valence-electron chi connectivity index (χ4n) is 2.50. The number of aromatic carboxylic acids is 1. The van der Waals surface area contributed by atoms with Crippen LogP contribution in [0.5, 0.6) is 0 Å². The number of carboxylic acids is 1. The number of carbonyl (C=O) groups excluding carboxylic acids is 1. The second kappa shape index (κ2) is 9.42. The van der Waals surface area contributed by atoms with Crippen molar-refractivity contribution in [2.24, 2.45) is 0 Å². The molecule has 25 heavy (non-hydrogen) atoms. The lowest BCUT2D eigenvalue weighted by Gasteiger charge is -2.06. The molecule has 2 aromatic carbocycles. The molecule has 4 nitrogen and oxygen atoms in total. The number of unbranched alkanes of at least 4 members (excludes halogenated alkanes) is 2. The van der Waals surface area contributed by atoms with E-state index < -0.39 is 5.97 Å². The Labute approximate surface area is 148 Å². The van der Waals surface area contributed by atoms with Crippen molar-refractivity contribution in [3.8, 4) is 0 Å². The molecule has 0 saturated carbocycles. The van der Waals surface area contributed by atoms with Gasteiger partial charge in [-0.25, -0.2) is 4.79 Å². The molecule has 0 saturated heterocycles. The summed E-state index contributed by atoms with van der Waals surface area (Å²) in [4.78, 5) is 23.2. The van der Waals surface area contributed by atoms with E-state index in [0.717, 1.165) is 12.0 Å². The fraction of sp³-hybridized carbons (Fsp3) is 0.238. The first-order valence-corrected chi connectivity index (χ1v) is 8.50. The molecule has 2 N–H and O–H groups in total. The number of aryl methyl sites for hydroxylation is 1. The Balaban J connectivity index is 1.95. The van der Waals surface area contributed by atoms with Gasteiger partial charge in [0.2, 0.25) is 5.91 Å². The summed E-state index contributed by atoms with van der Waals surface area (Å²) < 4.78 is 0. The van der Waals surface area contributed by atoms with E-state index in [1.807, 2.05) is 12.1 Å². The highest BCUT2D eigenvalue weighted by molar-refractivity contribution is 6.06. The van der Waals surface area contributed by atoms with Gasteiger partial charge in [0.25, 0.3) is 0 Å². The first-order valence-electron chi connectivity index (χ1n) is 8.50. The van der Waals surface area contributed by atoms with Gasteiger partial charge < -0.3 is 10.4 Å². The van der Waals surface area contributed by atoms with E-state index in [1.54, 1.807) is 24.3 Å². The lowest BCUT2D eigenvalue weighted by molar-refractivity contribution is -0.111. The highest BCUT2D eigenvalue weighted by Gasteiger charge is 2.10. The van der Waals surface area contributed by atoms with Crippen LogP contribution in [0, 0.1) is 0 Å². The molecular weight excluding hydrogens is 314 g/mol. The Morgan fingerprint density at radius 3 is 2.44 bits per heavy atom. The van der Waals surface area contributed by atoms with Gasteiger partial charge in [0, 0.05) is 6.08 Å². The van der Waals surface area contributed by atoms with Gasteiger partial charge in [0.05, 0.1) is 11.3 Å². The van der Waals surface area contributed by atoms with Crippen LogP contribution < -0.4 is 5.32 Å². The summed E-state index contributed by atoms with van der Waals surface area (Å²) in [5, 5.41) is 11.7. The SMILES string of the molecule is CCCCCc1ccc(/C=C/C(=O)Nc2ccccc2C(=O)O)cc1. The molecule has 0 aliphatic carbocycles. The van der Waals surface area contributed by atoms with Gasteiger partial charge in [-0.1, -0.05) is 56.2 Å². The number of carbonyl (C=O) groups is 2. The molecular formula is C21H23NO3. The Morgan fingerprint density at radius 1 is 1.04 bits per heavy atom. The minimum absolute atomic E-state index is 0.0701. The molecule has 0 heterocycles. The maximum absolute atomic E-state index is 12.0. The zero-order chi connectivity index (χ0) is 18.1. The molecule has 0 fully saturated rings. The van der Waals surface area contributed by atoms with E-state index in [4.69, 9.17) is 5.11 Å². The summed E-state index contributed by atoms with van der Waals surface area (Å²) in [6, 6.07) is 14.5. The van der Waals surface area contributed by atoms with Crippen LogP contribution in [0.25, 0.3) is 6.08 Å². The number of carboxylic acid groups (broad SMARTS) is 1. The van der Waals surface area contributed by atoms with Crippen LogP contribution in [0.15, 0.2) is 54.6 Å². The van der Waals surface area contributed by atoms with Gasteiger partial charge in [-0.2, -0.15) is 0 Å². The lowest BCUT2D eigenvalue weighted by atomic mass is 10.1. The van der Waals surface area contributed by atoms with Gasteiger partial charge in [-0.15, -0.1) is 0 Å². The van der Waals surface area contributed by atoms with E-state index in [1.165, 1.54) is 37.0 Å². The highest BCUT2D eigenvalue weighted by Crippen LogP contribution is 2.15. The molecule has 0 aromatic heterocycles. The normalized spacial score (nSPS) is 10.8. The van der Waals surface area contributed by atoms with Crippen molar-refractivity contribution < 1.29 is 14.7 Å². The third kappa shape index (κ3) is 5.92. The zero-order valence-electron chi connectivity index (χ0n) is 14.4. The first-order chi connectivity index (χ1) is 12.1. The number of para-hydroxylation sites is 1. The van der Waals surface area contributed by atoms with E-state index in [-0.39, 0.29) is 17.2 Å². The number of nitrogens with one attached hydrogen (secondary N) is 1. The fourth-order valence-corrected chi connectivity index (χ4v) is 2.50. The Bertz CT molecular complexity index is 748. The van der Waals surface area contributed by atoms with Crippen molar-refractivity contribution in [3.05, 3.63) is 71.3 Å². The topological polar surface area (TPSA) is 66.4 Å². The monoisotopic (exact) mass is 337 g/mol. The number of anilines is 1. The summed E-state index contributed by atoms with van der Waals surface area (Å²) in [6.45, 7) is 2.19. The molecule has 0 spiro atoms. The van der Waals surface area contributed by atoms with Crippen molar-refractivity contribution in [2.45, 2.75) is 32.6 Å². The number of rotatable bonds is 8. The van der Waals surface area contributed by atoms with Crippen molar-refractivity contribution in [3.63, 3.8) is 0 Å². The second-order valence-electron chi connectivity index (χ2n) is 5.87. The summed E-state index contributed by atoms with van der Waals surface area (Å²) in [5.41, 5.74) is 2.59. The maximum atomic E-state index is 12.0. The van der Waals surface area contributed by atoms with Crippen molar-refractivity contribution >= 4 is 23.6 Å². The highest BCUT2D eigenvalue weighted by atomic mass is 16.4. The molecule has 0 aliphatic heterocycles. The van der Waals surface area contributed by atoms with Gasteiger partial charge in [0.15, 0.2) is 0 Å². The van der Waals surface area contributed by atoms with E-state index >= 15 is 0 Å². The van der Waals surface area contributed by atoms with Gasteiger partial charge >= 0.3 is 5.97 Å². The van der Waals surface area contributed by atoms with Crippen LogP contribution in [0.4, 0.5) is 5.69 Å². The van der Waals surface area contributed by atoms with Crippen LogP contribution in [0.1, 0.15) is 47.7 Å². The van der Waals surface area contributed by atoms with Gasteiger partial charge in [-0.05, 0) is 42.2 Å². The molecule has 130 valence electrons. The minimum Gasteiger partial charge on any atom is -0.478 e. The molecule has 0 unspecified atom stereocenters. The maximum Gasteiger partial charge on any atom is 0.337 e. The molecule has 0 atom stereocenters. The number of benzene rings is 2. The Kier molecular flexibility index (Phi) is 6.96. The standard InChI is InChI=1S/C21H23NO3/c1-2-3-4-7-16-10-12-17(13-11-16)14-15-20(23)22-19-9-6-5-8-18(19)21(24)25/h5-6,8-15H,2-4,7H2,1H3,(H,22,23)(H,24,25)/b15-14+. The van der Waals surface area contributed by atoms with Gasteiger partial charge in [-0.3, -0.25) is 4.79 Å². The van der Waals surface area contributed by atoms with Gasteiger partial charge in [0.1, 0.15) is 0 Å². The van der Waals surface area contributed by atoms with E-state index in [9.17, 15) is 9.59 Å². The average Bonchev–Trinajstić information content (AvgIpc) is 2.61. The van der Waals surface area contributed by atoms with Crippen LogP contribution in [0.3, 0.4) is 0 Å². The smallest absolute Gasteiger partial charge is 0.337 e. The predicted octanol–water partition coefficient (Wildman–Crippen LogP) is 4.77. The van der Waals surface area contributed by atoms with Crippen LogP contribution in [-0.4, -0.2) is 17.0 Å². The minimum atomic E-state index is -1.07. The van der Waals surface area contributed by atoms with Crippen molar-refractivity contribution in [1.29, 1.82) is 0 Å². The van der Waals surface area contributed by atoms with E-state index in [2.05, 4.69) is 24.4 Å². The zero-order valence-corrected chi connectivity index (χ0v) is 14.4.